The number of hydrogen-bond donors (Lipinski definition) is 0. The van der Waals surface area contributed by atoms with Gasteiger partial charge in [-0.3, -0.25) is 19.2 Å². The van der Waals surface area contributed by atoms with Crippen LogP contribution in [0.25, 0.3) is 28.7 Å². The lowest BCUT2D eigenvalue weighted by atomic mass is 10.1. The molecule has 5 aromatic rings. The quantitative estimate of drug-likeness (QED) is 0.164. The van der Waals surface area contributed by atoms with Gasteiger partial charge in [0.25, 0.3) is 11.5 Å². The fourth-order valence-corrected chi connectivity index (χ4v) is 8.75. The average molecular weight is 683 g/mol. The lowest BCUT2D eigenvalue weighted by Gasteiger charge is -2.16. The van der Waals surface area contributed by atoms with Gasteiger partial charge in [0.15, 0.2) is 4.32 Å². The Labute approximate surface area is 281 Å². The first-order valence-corrected chi connectivity index (χ1v) is 17.7. The Kier molecular flexibility index (Phi) is 8.08. The van der Waals surface area contributed by atoms with Gasteiger partial charge in [0.2, 0.25) is 10.0 Å². The Balaban J connectivity index is 1.31. The van der Waals surface area contributed by atoms with E-state index in [1.165, 1.54) is 13.9 Å². The van der Waals surface area contributed by atoms with E-state index in [0.29, 0.717) is 46.2 Å². The predicted octanol–water partition coefficient (Wildman–Crippen LogP) is 5.53. The van der Waals surface area contributed by atoms with Crippen LogP contribution in [0.4, 0.5) is 5.69 Å². The molecule has 0 bridgehead atoms. The SMILES string of the molecule is Cc1c(N2C(=O)/C(=C/c3cn(-c4ccccc4)nc3-c3cccc(S(=O)(=O)N4CCCC4)c3)SC2=S)c(=O)n(-c2ccccc2)n1C. The van der Waals surface area contributed by atoms with Crippen molar-refractivity contribution < 1.29 is 13.2 Å². The molecule has 0 radical (unpaired) electrons. The Morgan fingerprint density at radius 3 is 2.23 bits per heavy atom. The topological polar surface area (TPSA) is 102 Å². The third kappa shape index (κ3) is 5.48. The van der Waals surface area contributed by atoms with Crippen molar-refractivity contribution in [3.63, 3.8) is 0 Å². The first kappa shape index (κ1) is 31.1. The molecule has 0 N–H and O–H groups in total. The van der Waals surface area contributed by atoms with Gasteiger partial charge >= 0.3 is 0 Å². The number of hydrogen-bond acceptors (Lipinski definition) is 7. The van der Waals surface area contributed by atoms with Crippen molar-refractivity contribution in [3.8, 4) is 22.6 Å². The van der Waals surface area contributed by atoms with Gasteiger partial charge in [-0.25, -0.2) is 17.8 Å². The number of benzene rings is 3. The summed E-state index contributed by atoms with van der Waals surface area (Å²) in [6.45, 7) is 2.78. The van der Waals surface area contributed by atoms with Gasteiger partial charge in [-0.2, -0.15) is 9.40 Å². The summed E-state index contributed by atoms with van der Waals surface area (Å²) in [5, 5.41) is 4.85. The molecular formula is C34H30N6O4S3. The van der Waals surface area contributed by atoms with Gasteiger partial charge in [-0.15, -0.1) is 0 Å². The summed E-state index contributed by atoms with van der Waals surface area (Å²) in [5.41, 5.74) is 3.57. The number of rotatable bonds is 7. The van der Waals surface area contributed by atoms with Crippen molar-refractivity contribution in [1.29, 1.82) is 0 Å². The van der Waals surface area contributed by atoms with E-state index in [1.807, 2.05) is 66.7 Å². The third-order valence-electron chi connectivity index (χ3n) is 8.40. The monoisotopic (exact) mass is 682 g/mol. The van der Waals surface area contributed by atoms with Crippen LogP contribution >= 0.6 is 24.0 Å². The maximum Gasteiger partial charge on any atom is 0.296 e. The summed E-state index contributed by atoms with van der Waals surface area (Å²) < 4.78 is 33.5. The van der Waals surface area contributed by atoms with E-state index >= 15 is 0 Å². The molecule has 0 atom stereocenters. The highest BCUT2D eigenvalue weighted by atomic mass is 32.2. The van der Waals surface area contributed by atoms with E-state index in [9.17, 15) is 18.0 Å². The Morgan fingerprint density at radius 1 is 0.894 bits per heavy atom. The van der Waals surface area contributed by atoms with Crippen LogP contribution in [-0.2, 0) is 21.9 Å². The molecule has 10 nitrogen and oxygen atoms in total. The van der Waals surface area contributed by atoms with Crippen molar-refractivity contribution in [2.75, 3.05) is 18.0 Å². The Bertz CT molecular complexity index is 2230. The van der Waals surface area contributed by atoms with Crippen LogP contribution < -0.4 is 10.5 Å². The van der Waals surface area contributed by atoms with Crippen molar-refractivity contribution in [3.05, 3.63) is 118 Å². The highest BCUT2D eigenvalue weighted by molar-refractivity contribution is 8.27. The van der Waals surface area contributed by atoms with Crippen LogP contribution in [0, 0.1) is 6.92 Å². The number of carbonyl (C=O) groups excluding carboxylic acids is 1. The first-order chi connectivity index (χ1) is 22.6. The molecule has 47 heavy (non-hydrogen) atoms. The second-order valence-electron chi connectivity index (χ2n) is 11.3. The van der Waals surface area contributed by atoms with E-state index in [-0.39, 0.29) is 20.5 Å². The van der Waals surface area contributed by atoms with Crippen LogP contribution in [0.1, 0.15) is 24.1 Å². The zero-order valence-corrected chi connectivity index (χ0v) is 28.1. The molecule has 13 heteroatoms. The van der Waals surface area contributed by atoms with Gasteiger partial charge in [0, 0.05) is 37.5 Å². The third-order valence-corrected chi connectivity index (χ3v) is 11.6. The van der Waals surface area contributed by atoms with E-state index in [2.05, 4.69) is 0 Å². The molecule has 3 aromatic carbocycles. The van der Waals surface area contributed by atoms with Gasteiger partial charge in [0.05, 0.1) is 26.9 Å². The minimum Gasteiger partial charge on any atom is -0.283 e. The maximum absolute atomic E-state index is 14.0. The molecule has 1 amide bonds. The fraction of sp³-hybridized carbons (Fsp3) is 0.176. The average Bonchev–Trinajstić information content (AvgIpc) is 3.87. The number of amides is 1. The number of para-hydroxylation sites is 2. The lowest BCUT2D eigenvalue weighted by molar-refractivity contribution is -0.113. The zero-order valence-electron chi connectivity index (χ0n) is 25.6. The van der Waals surface area contributed by atoms with Gasteiger partial charge in [-0.1, -0.05) is 72.5 Å². The summed E-state index contributed by atoms with van der Waals surface area (Å²) in [4.78, 5) is 29.6. The van der Waals surface area contributed by atoms with Crippen molar-refractivity contribution in [2.24, 2.45) is 7.05 Å². The number of carbonyl (C=O) groups is 1. The van der Waals surface area contributed by atoms with Crippen LogP contribution in [0.2, 0.25) is 0 Å². The van der Waals surface area contributed by atoms with Crippen molar-refractivity contribution in [2.45, 2.75) is 24.7 Å². The number of sulfonamides is 1. The molecule has 2 aromatic heterocycles. The minimum atomic E-state index is -3.67. The molecule has 0 saturated carbocycles. The molecule has 0 spiro atoms. The van der Waals surface area contributed by atoms with Gasteiger partial charge in [0.1, 0.15) is 11.4 Å². The molecule has 0 unspecified atom stereocenters. The Hall–Kier alpha value is -4.56. The zero-order chi connectivity index (χ0) is 32.9. The maximum atomic E-state index is 14.0. The largest absolute Gasteiger partial charge is 0.296 e. The highest BCUT2D eigenvalue weighted by Gasteiger charge is 2.38. The number of nitrogens with zero attached hydrogens (tertiary/aromatic N) is 6. The molecule has 7 rings (SSSR count). The van der Waals surface area contributed by atoms with Crippen molar-refractivity contribution in [1.82, 2.24) is 23.4 Å². The molecular weight excluding hydrogens is 653 g/mol. The lowest BCUT2D eigenvalue weighted by Crippen LogP contribution is -2.33. The smallest absolute Gasteiger partial charge is 0.283 e. The second kappa shape index (κ2) is 12.2. The van der Waals surface area contributed by atoms with Crippen LogP contribution in [-0.4, -0.2) is 55.2 Å². The minimum absolute atomic E-state index is 0.192. The number of anilines is 1. The number of thiocarbonyl (C=S) groups is 1. The summed E-state index contributed by atoms with van der Waals surface area (Å²) in [7, 11) is -1.90. The van der Waals surface area contributed by atoms with Crippen LogP contribution in [0.15, 0.2) is 106 Å². The molecule has 2 aliphatic heterocycles. The number of aromatic nitrogens is 4. The van der Waals surface area contributed by atoms with Gasteiger partial charge < -0.3 is 0 Å². The van der Waals surface area contributed by atoms with Gasteiger partial charge in [-0.05, 0) is 62.2 Å². The highest BCUT2D eigenvalue weighted by Crippen LogP contribution is 2.38. The van der Waals surface area contributed by atoms with Crippen molar-refractivity contribution >= 4 is 56.0 Å². The van der Waals surface area contributed by atoms with E-state index in [1.54, 1.807) is 53.8 Å². The number of thioether (sulfide) groups is 1. The molecule has 2 saturated heterocycles. The van der Waals surface area contributed by atoms with Crippen LogP contribution in [0.3, 0.4) is 0 Å². The summed E-state index contributed by atoms with van der Waals surface area (Å²) in [6.07, 6.45) is 5.18. The van der Waals surface area contributed by atoms with E-state index < -0.39 is 15.9 Å². The second-order valence-corrected chi connectivity index (χ2v) is 14.9. The predicted molar refractivity (Wildman–Crippen MR) is 188 cm³/mol. The Morgan fingerprint density at radius 2 is 1.55 bits per heavy atom. The van der Waals surface area contributed by atoms with E-state index in [4.69, 9.17) is 17.3 Å². The van der Waals surface area contributed by atoms with Crippen LogP contribution in [0.5, 0.6) is 0 Å². The molecule has 2 aliphatic rings. The molecule has 2 fully saturated rings. The standard InChI is InChI=1S/C34H30N6O4S3/c1-23-31(33(42)40(36(23)2)27-15-7-4-8-16-27)39-32(41)29(46-34(39)45)21-25-22-38(26-13-5-3-6-14-26)35-30(25)24-12-11-17-28(20-24)47(43,44)37-18-9-10-19-37/h3-8,11-17,20-22H,9-10,18-19H2,1-2H3/b29-21-. The van der Waals surface area contributed by atoms with E-state index in [0.717, 1.165) is 30.3 Å². The molecule has 0 aliphatic carbocycles. The summed E-state index contributed by atoms with van der Waals surface area (Å²) >= 11 is 6.78. The normalized spacial score (nSPS) is 16.6. The first-order valence-electron chi connectivity index (χ1n) is 15.0. The summed E-state index contributed by atoms with van der Waals surface area (Å²) in [5.74, 6) is -0.421. The summed E-state index contributed by atoms with van der Waals surface area (Å²) in [6, 6.07) is 25.5. The fourth-order valence-electron chi connectivity index (χ4n) is 5.93. The molecule has 4 heterocycles. The molecule has 238 valence electrons.